The van der Waals surface area contributed by atoms with E-state index in [-0.39, 0.29) is 12.5 Å². The molecule has 168 valence electrons. The van der Waals surface area contributed by atoms with E-state index in [0.29, 0.717) is 29.0 Å². The molecule has 0 saturated heterocycles. The molecule has 0 unspecified atom stereocenters. The summed E-state index contributed by atoms with van der Waals surface area (Å²) in [6, 6.07) is 8.65. The lowest BCUT2D eigenvalue weighted by Gasteiger charge is -2.41. The van der Waals surface area contributed by atoms with Gasteiger partial charge in [-0.1, -0.05) is 68.5 Å². The Labute approximate surface area is 189 Å². The highest BCUT2D eigenvalue weighted by atomic mass is 32.2. The first kappa shape index (κ1) is 22.2. The van der Waals surface area contributed by atoms with Gasteiger partial charge in [0.1, 0.15) is 5.75 Å². The van der Waals surface area contributed by atoms with Gasteiger partial charge in [0.2, 0.25) is 5.91 Å². The van der Waals surface area contributed by atoms with Gasteiger partial charge in [0, 0.05) is 12.1 Å². The quantitative estimate of drug-likeness (QED) is 0.499. The fourth-order valence-corrected chi connectivity index (χ4v) is 5.48. The molecule has 1 aromatic carbocycles. The Balaban J connectivity index is 1.32. The van der Waals surface area contributed by atoms with Crippen molar-refractivity contribution in [2.45, 2.75) is 95.0 Å². The van der Waals surface area contributed by atoms with Gasteiger partial charge >= 0.3 is 0 Å². The molecule has 0 aliphatic heterocycles. The van der Waals surface area contributed by atoms with Crippen LogP contribution in [-0.4, -0.2) is 38.8 Å². The third kappa shape index (κ3) is 6.03. The molecule has 31 heavy (non-hydrogen) atoms. The predicted octanol–water partition coefficient (Wildman–Crippen LogP) is 5.54. The molecule has 2 saturated carbocycles. The second-order valence-corrected chi connectivity index (χ2v) is 9.62. The van der Waals surface area contributed by atoms with Crippen LogP contribution in [0.25, 0.3) is 0 Å². The first-order chi connectivity index (χ1) is 15.2. The fourth-order valence-electron chi connectivity index (χ4n) is 4.83. The second kappa shape index (κ2) is 11.0. The Bertz CT molecular complexity index is 826. The average molecular weight is 444 g/mol. The Morgan fingerprint density at radius 1 is 1.03 bits per heavy atom. The number of benzene rings is 1. The molecule has 2 aliphatic carbocycles. The molecule has 2 aromatic rings. The van der Waals surface area contributed by atoms with Gasteiger partial charge in [-0.2, -0.15) is 0 Å². The van der Waals surface area contributed by atoms with Crippen LogP contribution >= 0.6 is 11.8 Å². The SMILES string of the molecule is Cc1ccccc1OCc1nnc(SCC(=O)N(C2CCCCC2)C2CCCCC2)o1. The van der Waals surface area contributed by atoms with Crippen LogP contribution in [0.3, 0.4) is 0 Å². The van der Waals surface area contributed by atoms with Crippen molar-refractivity contribution in [1.29, 1.82) is 0 Å². The number of rotatable bonds is 8. The molecule has 0 N–H and O–H groups in total. The molecule has 2 aliphatic rings. The van der Waals surface area contributed by atoms with Gasteiger partial charge < -0.3 is 14.1 Å². The summed E-state index contributed by atoms with van der Waals surface area (Å²) in [5.41, 5.74) is 1.06. The molecule has 2 fully saturated rings. The van der Waals surface area contributed by atoms with E-state index < -0.39 is 0 Å². The van der Waals surface area contributed by atoms with Crippen molar-refractivity contribution in [3.8, 4) is 5.75 Å². The first-order valence-electron chi connectivity index (χ1n) is 11.7. The third-order valence-corrected chi connectivity index (χ3v) is 7.24. The molecule has 4 rings (SSSR count). The monoisotopic (exact) mass is 443 g/mol. The van der Waals surface area contributed by atoms with Crippen LogP contribution in [0, 0.1) is 6.92 Å². The zero-order valence-corrected chi connectivity index (χ0v) is 19.2. The minimum atomic E-state index is 0.222. The highest BCUT2D eigenvalue weighted by Crippen LogP contribution is 2.31. The van der Waals surface area contributed by atoms with Crippen molar-refractivity contribution in [3.05, 3.63) is 35.7 Å². The summed E-state index contributed by atoms with van der Waals surface area (Å²) in [6.45, 7) is 2.23. The number of thioether (sulfide) groups is 1. The van der Waals surface area contributed by atoms with E-state index in [9.17, 15) is 4.79 Å². The molecule has 0 spiro atoms. The van der Waals surface area contributed by atoms with Gasteiger partial charge in [0.05, 0.1) is 5.75 Å². The highest BCUT2D eigenvalue weighted by Gasteiger charge is 2.32. The van der Waals surface area contributed by atoms with Crippen LogP contribution in [0.4, 0.5) is 0 Å². The molecule has 0 bridgehead atoms. The van der Waals surface area contributed by atoms with Crippen LogP contribution in [0.5, 0.6) is 5.75 Å². The maximum absolute atomic E-state index is 13.3. The van der Waals surface area contributed by atoms with Crippen LogP contribution in [0.15, 0.2) is 33.9 Å². The van der Waals surface area contributed by atoms with Gasteiger partial charge in [-0.3, -0.25) is 4.79 Å². The van der Waals surface area contributed by atoms with Gasteiger partial charge in [-0.15, -0.1) is 10.2 Å². The molecule has 0 radical (unpaired) electrons. The van der Waals surface area contributed by atoms with Crippen molar-refractivity contribution >= 4 is 17.7 Å². The van der Waals surface area contributed by atoms with Gasteiger partial charge in [-0.05, 0) is 44.2 Å². The van der Waals surface area contributed by atoms with Crippen LogP contribution in [0.1, 0.15) is 75.7 Å². The number of aromatic nitrogens is 2. The van der Waals surface area contributed by atoms with E-state index in [2.05, 4.69) is 15.1 Å². The summed E-state index contributed by atoms with van der Waals surface area (Å²) in [6.07, 6.45) is 12.1. The molecule has 1 aromatic heterocycles. The number of hydrogen-bond acceptors (Lipinski definition) is 6. The van der Waals surface area contributed by atoms with Crippen molar-refractivity contribution < 1.29 is 13.9 Å². The summed E-state index contributed by atoms with van der Waals surface area (Å²) in [4.78, 5) is 15.5. The highest BCUT2D eigenvalue weighted by molar-refractivity contribution is 7.99. The molecule has 1 heterocycles. The van der Waals surface area contributed by atoms with Crippen LogP contribution in [0.2, 0.25) is 0 Å². The average Bonchev–Trinajstić information content (AvgIpc) is 3.27. The van der Waals surface area contributed by atoms with Crippen molar-refractivity contribution in [1.82, 2.24) is 15.1 Å². The Morgan fingerprint density at radius 3 is 2.32 bits per heavy atom. The summed E-state index contributed by atoms with van der Waals surface area (Å²) in [7, 11) is 0. The second-order valence-electron chi connectivity index (χ2n) is 8.69. The van der Waals surface area contributed by atoms with Crippen molar-refractivity contribution in [2.75, 3.05) is 5.75 Å². The number of para-hydroxylation sites is 1. The van der Waals surface area contributed by atoms with E-state index in [1.165, 1.54) is 50.3 Å². The first-order valence-corrected chi connectivity index (χ1v) is 12.6. The summed E-state index contributed by atoms with van der Waals surface area (Å²) in [5, 5.41) is 8.61. The third-order valence-electron chi connectivity index (χ3n) is 6.44. The summed E-state index contributed by atoms with van der Waals surface area (Å²) < 4.78 is 11.5. The maximum atomic E-state index is 13.3. The topological polar surface area (TPSA) is 68.5 Å². The normalized spacial score (nSPS) is 18.1. The molecule has 7 heteroatoms. The van der Waals surface area contributed by atoms with E-state index in [0.717, 1.165) is 37.0 Å². The largest absolute Gasteiger partial charge is 0.484 e. The van der Waals surface area contributed by atoms with E-state index in [1.807, 2.05) is 31.2 Å². The lowest BCUT2D eigenvalue weighted by atomic mass is 9.88. The minimum absolute atomic E-state index is 0.222. The van der Waals surface area contributed by atoms with Crippen molar-refractivity contribution in [2.24, 2.45) is 0 Å². The fraction of sp³-hybridized carbons (Fsp3) is 0.625. The molecular formula is C24H33N3O3S. The van der Waals surface area contributed by atoms with Gasteiger partial charge in [0.25, 0.3) is 11.1 Å². The Hall–Kier alpha value is -2.02. The van der Waals surface area contributed by atoms with Crippen LogP contribution < -0.4 is 4.74 Å². The lowest BCUT2D eigenvalue weighted by Crippen LogP contribution is -2.49. The van der Waals surface area contributed by atoms with E-state index >= 15 is 0 Å². The number of nitrogens with zero attached hydrogens (tertiary/aromatic N) is 3. The molecule has 1 amide bonds. The standard InChI is InChI=1S/C24H33N3O3S/c1-18-10-8-9-15-21(18)29-16-22-25-26-24(30-22)31-17-23(28)27(19-11-4-2-5-12-19)20-13-6-3-7-14-20/h8-10,15,19-20H,2-7,11-14,16-17H2,1H3. The molecule has 6 nitrogen and oxygen atoms in total. The minimum Gasteiger partial charge on any atom is -0.484 e. The Kier molecular flexibility index (Phi) is 7.89. The lowest BCUT2D eigenvalue weighted by molar-refractivity contribution is -0.135. The van der Waals surface area contributed by atoms with Gasteiger partial charge in [0.15, 0.2) is 6.61 Å². The number of carbonyl (C=O) groups is 1. The summed E-state index contributed by atoms with van der Waals surface area (Å²) >= 11 is 1.34. The van der Waals surface area contributed by atoms with Gasteiger partial charge in [-0.25, -0.2) is 0 Å². The maximum Gasteiger partial charge on any atom is 0.277 e. The Morgan fingerprint density at radius 2 is 1.68 bits per heavy atom. The van der Waals surface area contributed by atoms with E-state index in [4.69, 9.17) is 9.15 Å². The zero-order valence-electron chi connectivity index (χ0n) is 18.4. The number of amides is 1. The van der Waals surface area contributed by atoms with E-state index in [1.54, 1.807) is 0 Å². The predicted molar refractivity (Wildman–Crippen MR) is 121 cm³/mol. The van der Waals surface area contributed by atoms with Crippen LogP contribution in [-0.2, 0) is 11.4 Å². The smallest absolute Gasteiger partial charge is 0.277 e. The zero-order chi connectivity index (χ0) is 21.5. The number of carbonyl (C=O) groups excluding carboxylic acids is 1. The molecule has 0 atom stereocenters. The molecular weight excluding hydrogens is 410 g/mol. The van der Waals surface area contributed by atoms with Crippen molar-refractivity contribution in [3.63, 3.8) is 0 Å². The number of ether oxygens (including phenoxy) is 1. The number of aryl methyl sites for hydroxylation is 1. The summed E-state index contributed by atoms with van der Waals surface area (Å²) in [5.74, 6) is 1.81. The number of hydrogen-bond donors (Lipinski definition) is 0.